The Morgan fingerprint density at radius 1 is 1.03 bits per heavy atom. The number of hydrogen-bond donors (Lipinski definition) is 2. The number of esters is 1. The van der Waals surface area contributed by atoms with Gasteiger partial charge in [-0.15, -0.1) is 0 Å². The van der Waals surface area contributed by atoms with E-state index in [1.807, 2.05) is 0 Å². The molecule has 0 bridgehead atoms. The third-order valence-corrected chi connectivity index (χ3v) is 6.93. The molecule has 1 heterocycles. The number of amides is 1. The minimum Gasteiger partial charge on any atom is -0.466 e. The maximum atomic E-state index is 15.1. The monoisotopic (exact) mass is 488 g/mol. The van der Waals surface area contributed by atoms with E-state index in [2.05, 4.69) is 10.7 Å². The molecule has 2 N–H and O–H groups in total. The molecule has 9 nitrogen and oxygen atoms in total. The Hall–Kier alpha value is -3.17. The van der Waals surface area contributed by atoms with E-state index in [0.29, 0.717) is 10.2 Å². The van der Waals surface area contributed by atoms with Gasteiger partial charge in [-0.2, -0.15) is 4.68 Å². The van der Waals surface area contributed by atoms with E-state index in [4.69, 9.17) is 4.74 Å². The number of halogens is 1. The van der Waals surface area contributed by atoms with E-state index in [9.17, 15) is 19.2 Å². The number of anilines is 1. The molecule has 1 aromatic carbocycles. The summed E-state index contributed by atoms with van der Waals surface area (Å²) in [5, 5.41) is 3.29. The molecule has 0 saturated heterocycles. The third-order valence-electron chi connectivity index (χ3n) is 6.93. The van der Waals surface area contributed by atoms with Crippen LogP contribution in [0.3, 0.4) is 0 Å². The van der Waals surface area contributed by atoms with Crippen molar-refractivity contribution in [2.45, 2.75) is 89.6 Å². The SMILES string of the molecule is CCOC(=O)CCC(=O)Nn1c(=O)c2cc(F)c(NC3CCCCC3)cc2n(C2CCCC2)c1=O. The lowest BCUT2D eigenvalue weighted by atomic mass is 9.95. The predicted molar refractivity (Wildman–Crippen MR) is 131 cm³/mol. The maximum absolute atomic E-state index is 15.1. The van der Waals surface area contributed by atoms with E-state index < -0.39 is 28.9 Å². The van der Waals surface area contributed by atoms with Gasteiger partial charge in [0, 0.05) is 18.5 Å². The van der Waals surface area contributed by atoms with Gasteiger partial charge in [0.25, 0.3) is 5.56 Å². The van der Waals surface area contributed by atoms with Crippen molar-refractivity contribution in [3.8, 4) is 0 Å². The number of nitrogens with zero attached hydrogens (tertiary/aromatic N) is 2. The quantitative estimate of drug-likeness (QED) is 0.550. The Bertz CT molecular complexity index is 1210. The second-order valence-electron chi connectivity index (χ2n) is 9.40. The number of benzene rings is 1. The van der Waals surface area contributed by atoms with Crippen LogP contribution in [0.4, 0.5) is 10.1 Å². The summed E-state index contributed by atoms with van der Waals surface area (Å²) < 4.78 is 22.1. The summed E-state index contributed by atoms with van der Waals surface area (Å²) in [6.45, 7) is 1.85. The van der Waals surface area contributed by atoms with Crippen LogP contribution in [0.2, 0.25) is 0 Å². The minimum atomic E-state index is -0.799. The van der Waals surface area contributed by atoms with Gasteiger partial charge in [0.1, 0.15) is 5.82 Å². The molecule has 4 rings (SSSR count). The van der Waals surface area contributed by atoms with Crippen molar-refractivity contribution in [1.82, 2.24) is 9.24 Å². The van der Waals surface area contributed by atoms with Crippen LogP contribution in [0, 0.1) is 5.82 Å². The zero-order valence-electron chi connectivity index (χ0n) is 20.1. The number of carbonyl (C=O) groups is 2. The summed E-state index contributed by atoms with van der Waals surface area (Å²) in [6, 6.07) is 2.71. The molecule has 0 unspecified atom stereocenters. The number of aromatic nitrogens is 2. The Kier molecular flexibility index (Phi) is 7.87. The minimum absolute atomic E-state index is 0.0221. The first-order valence-corrected chi connectivity index (χ1v) is 12.6. The Morgan fingerprint density at radius 3 is 2.40 bits per heavy atom. The Morgan fingerprint density at radius 2 is 1.71 bits per heavy atom. The van der Waals surface area contributed by atoms with Gasteiger partial charge in [-0.3, -0.25) is 24.4 Å². The molecule has 2 aliphatic carbocycles. The molecule has 2 fully saturated rings. The predicted octanol–water partition coefficient (Wildman–Crippen LogP) is 3.58. The van der Waals surface area contributed by atoms with Crippen LogP contribution in [0.5, 0.6) is 0 Å². The molecule has 2 saturated carbocycles. The highest BCUT2D eigenvalue weighted by Gasteiger charge is 2.25. The van der Waals surface area contributed by atoms with Gasteiger partial charge in [-0.1, -0.05) is 32.1 Å². The van der Waals surface area contributed by atoms with Crippen molar-refractivity contribution in [3.05, 3.63) is 38.8 Å². The van der Waals surface area contributed by atoms with Crippen molar-refractivity contribution in [1.29, 1.82) is 0 Å². The molecule has 2 aromatic rings. The first-order chi connectivity index (χ1) is 16.9. The Balaban J connectivity index is 1.72. The lowest BCUT2D eigenvalue weighted by molar-refractivity contribution is -0.144. The van der Waals surface area contributed by atoms with E-state index in [0.717, 1.165) is 57.4 Å². The summed E-state index contributed by atoms with van der Waals surface area (Å²) in [5.41, 5.74) is 1.49. The number of ether oxygens (including phenoxy) is 1. The zero-order valence-corrected chi connectivity index (χ0v) is 20.1. The highest BCUT2D eigenvalue weighted by Crippen LogP contribution is 2.32. The number of rotatable bonds is 8. The van der Waals surface area contributed by atoms with Crippen LogP contribution in [0.15, 0.2) is 21.7 Å². The molecule has 2 aliphatic rings. The van der Waals surface area contributed by atoms with Crippen molar-refractivity contribution in [2.75, 3.05) is 17.3 Å². The fourth-order valence-electron chi connectivity index (χ4n) is 5.17. The lowest BCUT2D eigenvalue weighted by Crippen LogP contribution is -2.47. The number of fused-ring (bicyclic) bond motifs is 1. The van der Waals surface area contributed by atoms with Crippen molar-refractivity contribution in [2.24, 2.45) is 0 Å². The highest BCUT2D eigenvalue weighted by molar-refractivity contribution is 5.87. The second-order valence-corrected chi connectivity index (χ2v) is 9.40. The number of hydrogen-bond acceptors (Lipinski definition) is 6. The molecular weight excluding hydrogens is 455 g/mol. The summed E-state index contributed by atoms with van der Waals surface area (Å²) in [7, 11) is 0. The van der Waals surface area contributed by atoms with Crippen LogP contribution in [-0.2, 0) is 14.3 Å². The summed E-state index contributed by atoms with van der Waals surface area (Å²) in [6.07, 6.45) is 8.22. The van der Waals surface area contributed by atoms with Gasteiger partial charge in [-0.05, 0) is 44.7 Å². The zero-order chi connectivity index (χ0) is 24.9. The standard InChI is InChI=1S/C25H33FN4O5/c1-2-35-23(32)13-12-22(31)28-30-24(33)18-14-19(26)20(27-16-8-4-3-5-9-16)15-21(18)29(25(30)34)17-10-6-7-11-17/h14-17,27H,2-13H2,1H3,(H,28,31). The normalized spacial score (nSPS) is 17.0. The topological polar surface area (TPSA) is 111 Å². The number of nitrogens with one attached hydrogen (secondary N) is 2. The first kappa shape index (κ1) is 24.9. The molecule has 1 aromatic heterocycles. The fraction of sp³-hybridized carbons (Fsp3) is 0.600. The average Bonchev–Trinajstić information content (AvgIpc) is 3.37. The van der Waals surface area contributed by atoms with Crippen LogP contribution in [-0.4, -0.2) is 33.8 Å². The largest absolute Gasteiger partial charge is 0.466 e. The molecule has 0 spiro atoms. The summed E-state index contributed by atoms with van der Waals surface area (Å²) in [5.74, 6) is -1.79. The smallest absolute Gasteiger partial charge is 0.351 e. The van der Waals surface area contributed by atoms with Crippen LogP contribution in [0.1, 0.15) is 83.6 Å². The number of carbonyl (C=O) groups excluding carboxylic acids is 2. The second kappa shape index (κ2) is 11.0. The van der Waals surface area contributed by atoms with E-state index >= 15 is 4.39 Å². The third kappa shape index (κ3) is 5.57. The van der Waals surface area contributed by atoms with Gasteiger partial charge >= 0.3 is 11.7 Å². The van der Waals surface area contributed by atoms with Crippen LogP contribution in [0.25, 0.3) is 10.9 Å². The molecule has 190 valence electrons. The molecule has 10 heteroatoms. The van der Waals surface area contributed by atoms with Gasteiger partial charge in [0.2, 0.25) is 5.91 Å². The molecule has 0 aliphatic heterocycles. The first-order valence-electron chi connectivity index (χ1n) is 12.6. The van der Waals surface area contributed by atoms with Crippen LogP contribution >= 0.6 is 0 Å². The van der Waals surface area contributed by atoms with Gasteiger partial charge in [0.15, 0.2) is 0 Å². The fourth-order valence-corrected chi connectivity index (χ4v) is 5.17. The van der Waals surface area contributed by atoms with Crippen molar-refractivity contribution in [3.63, 3.8) is 0 Å². The van der Waals surface area contributed by atoms with Gasteiger partial charge in [-0.25, -0.2) is 9.18 Å². The summed E-state index contributed by atoms with van der Waals surface area (Å²) >= 11 is 0. The van der Waals surface area contributed by atoms with Gasteiger partial charge in [0.05, 0.1) is 29.6 Å². The average molecular weight is 489 g/mol. The lowest BCUT2D eigenvalue weighted by Gasteiger charge is -2.25. The molecule has 1 amide bonds. The molecular formula is C25H33FN4O5. The van der Waals surface area contributed by atoms with E-state index in [1.54, 1.807) is 13.0 Å². The van der Waals surface area contributed by atoms with E-state index in [1.165, 1.54) is 11.0 Å². The Labute approximate surface area is 202 Å². The molecule has 0 radical (unpaired) electrons. The van der Waals surface area contributed by atoms with Crippen molar-refractivity contribution >= 4 is 28.5 Å². The maximum Gasteiger partial charge on any atom is 0.351 e. The molecule has 0 atom stereocenters. The highest BCUT2D eigenvalue weighted by atomic mass is 19.1. The molecule has 35 heavy (non-hydrogen) atoms. The van der Waals surface area contributed by atoms with Crippen LogP contribution < -0.4 is 22.0 Å². The van der Waals surface area contributed by atoms with Gasteiger partial charge < -0.3 is 10.1 Å². The van der Waals surface area contributed by atoms with E-state index in [-0.39, 0.29) is 42.6 Å². The van der Waals surface area contributed by atoms with Crippen molar-refractivity contribution < 1.29 is 18.7 Å². The summed E-state index contributed by atoms with van der Waals surface area (Å²) in [4.78, 5) is 50.7.